The predicted octanol–water partition coefficient (Wildman–Crippen LogP) is 3.29. The van der Waals surface area contributed by atoms with Gasteiger partial charge in [0.15, 0.2) is 0 Å². The van der Waals surface area contributed by atoms with E-state index in [1.807, 2.05) is 6.07 Å². The van der Waals surface area contributed by atoms with Gasteiger partial charge in [-0.25, -0.2) is 0 Å². The van der Waals surface area contributed by atoms with Gasteiger partial charge in [-0.1, -0.05) is 11.6 Å². The number of piperidine rings is 1. The van der Waals surface area contributed by atoms with E-state index in [-0.39, 0.29) is 12.1 Å². The zero-order chi connectivity index (χ0) is 13.8. The normalized spacial score (nSPS) is 24.3. The lowest BCUT2D eigenvalue weighted by molar-refractivity contribution is -0.0101. The molecule has 3 unspecified atom stereocenters. The number of nitrogens with zero attached hydrogens (tertiary/aromatic N) is 1. The Balaban J connectivity index is 2.10. The molecule has 2 rings (SSSR count). The van der Waals surface area contributed by atoms with Crippen LogP contribution in [0.4, 0.5) is 0 Å². The van der Waals surface area contributed by atoms with Crippen LogP contribution in [0.25, 0.3) is 0 Å². The van der Waals surface area contributed by atoms with Gasteiger partial charge in [0.05, 0.1) is 16.5 Å². The molecule has 1 aliphatic heterocycles. The molecule has 2 heterocycles. The molecule has 19 heavy (non-hydrogen) atoms. The Hall–Kier alpha value is -0.130. The molecule has 0 saturated carbocycles. The van der Waals surface area contributed by atoms with Gasteiger partial charge in [-0.05, 0) is 45.4 Å². The van der Waals surface area contributed by atoms with Gasteiger partial charge in [0, 0.05) is 24.1 Å². The summed E-state index contributed by atoms with van der Waals surface area (Å²) in [5.41, 5.74) is 6.21. The maximum absolute atomic E-state index is 6.21. The summed E-state index contributed by atoms with van der Waals surface area (Å²) in [4.78, 5) is 3.72. The van der Waals surface area contributed by atoms with Crippen molar-refractivity contribution in [2.75, 3.05) is 19.7 Å². The standard InChI is InChI=1S/C14H23ClN2OS/c1-3-18-11-5-4-8-17(9-11)14(10(2)16)12-6-7-13(15)19-12/h6-7,10-11,14H,3-5,8-9,16H2,1-2H3. The van der Waals surface area contributed by atoms with Crippen molar-refractivity contribution >= 4 is 22.9 Å². The minimum atomic E-state index is 0.0927. The van der Waals surface area contributed by atoms with E-state index in [2.05, 4.69) is 24.8 Å². The fourth-order valence-electron chi connectivity index (χ4n) is 2.85. The van der Waals surface area contributed by atoms with Gasteiger partial charge >= 0.3 is 0 Å². The number of nitrogens with two attached hydrogens (primary N) is 1. The molecule has 1 aromatic rings. The molecule has 0 spiro atoms. The van der Waals surface area contributed by atoms with E-state index >= 15 is 0 Å². The number of ether oxygens (including phenoxy) is 1. The van der Waals surface area contributed by atoms with Crippen LogP contribution < -0.4 is 5.73 Å². The largest absolute Gasteiger partial charge is 0.377 e. The Morgan fingerprint density at radius 2 is 2.37 bits per heavy atom. The van der Waals surface area contributed by atoms with E-state index in [0.717, 1.165) is 30.5 Å². The number of rotatable bonds is 5. The number of thiophene rings is 1. The minimum absolute atomic E-state index is 0.0927. The van der Waals surface area contributed by atoms with E-state index in [1.165, 1.54) is 11.3 Å². The van der Waals surface area contributed by atoms with Crippen LogP contribution in [0.1, 0.15) is 37.6 Å². The molecule has 1 saturated heterocycles. The van der Waals surface area contributed by atoms with E-state index in [9.17, 15) is 0 Å². The molecule has 0 amide bonds. The quantitative estimate of drug-likeness (QED) is 0.907. The molecule has 3 nitrogen and oxygen atoms in total. The van der Waals surface area contributed by atoms with E-state index < -0.39 is 0 Å². The summed E-state index contributed by atoms with van der Waals surface area (Å²) in [7, 11) is 0. The third kappa shape index (κ3) is 3.92. The number of halogens is 1. The second-order valence-electron chi connectivity index (χ2n) is 5.16. The van der Waals surface area contributed by atoms with Gasteiger partial charge < -0.3 is 10.5 Å². The van der Waals surface area contributed by atoms with Crippen molar-refractivity contribution in [3.8, 4) is 0 Å². The van der Waals surface area contributed by atoms with Crippen molar-refractivity contribution in [2.45, 2.75) is 44.9 Å². The van der Waals surface area contributed by atoms with Gasteiger partial charge in [0.1, 0.15) is 0 Å². The smallest absolute Gasteiger partial charge is 0.0931 e. The van der Waals surface area contributed by atoms with Crippen molar-refractivity contribution in [2.24, 2.45) is 5.73 Å². The first-order valence-corrected chi connectivity index (χ1v) is 8.17. The molecule has 108 valence electrons. The summed E-state index contributed by atoms with van der Waals surface area (Å²) in [6.07, 6.45) is 2.67. The SMILES string of the molecule is CCOC1CCCN(C(c2ccc(Cl)s2)C(C)N)C1. The first-order valence-electron chi connectivity index (χ1n) is 6.98. The lowest BCUT2D eigenvalue weighted by Gasteiger charge is -2.39. The predicted molar refractivity (Wildman–Crippen MR) is 81.9 cm³/mol. The Morgan fingerprint density at radius 3 is 2.95 bits per heavy atom. The lowest BCUT2D eigenvalue weighted by Crippen LogP contribution is -2.46. The first-order chi connectivity index (χ1) is 9.11. The molecular weight excluding hydrogens is 280 g/mol. The fourth-order valence-corrected chi connectivity index (χ4v) is 4.16. The topological polar surface area (TPSA) is 38.5 Å². The Kier molecular flexibility index (Phi) is 5.66. The second-order valence-corrected chi connectivity index (χ2v) is 6.91. The summed E-state index contributed by atoms with van der Waals surface area (Å²) in [6.45, 7) is 6.97. The molecule has 0 aliphatic carbocycles. The summed E-state index contributed by atoms with van der Waals surface area (Å²) < 4.78 is 6.61. The van der Waals surface area contributed by atoms with Crippen LogP contribution in [-0.2, 0) is 4.74 Å². The molecule has 0 bridgehead atoms. The Bertz CT molecular complexity index is 395. The summed E-state index contributed by atoms with van der Waals surface area (Å²) in [6, 6.07) is 4.41. The van der Waals surface area contributed by atoms with Crippen LogP contribution in [0.15, 0.2) is 12.1 Å². The maximum atomic E-state index is 6.21. The summed E-state index contributed by atoms with van der Waals surface area (Å²) in [5.74, 6) is 0. The average Bonchev–Trinajstić information content (AvgIpc) is 2.76. The van der Waals surface area contributed by atoms with Gasteiger partial charge in [0.2, 0.25) is 0 Å². The third-order valence-corrected chi connectivity index (χ3v) is 4.89. The Labute approximate surface area is 124 Å². The number of likely N-dealkylation sites (tertiary alicyclic amines) is 1. The minimum Gasteiger partial charge on any atom is -0.377 e. The van der Waals surface area contributed by atoms with Crippen molar-refractivity contribution in [1.82, 2.24) is 4.90 Å². The Morgan fingerprint density at radius 1 is 1.58 bits per heavy atom. The van der Waals surface area contributed by atoms with Gasteiger partial charge in [0.25, 0.3) is 0 Å². The highest BCUT2D eigenvalue weighted by Crippen LogP contribution is 2.34. The van der Waals surface area contributed by atoms with Crippen molar-refractivity contribution in [3.05, 3.63) is 21.3 Å². The molecule has 1 fully saturated rings. The lowest BCUT2D eigenvalue weighted by atomic mass is 10.0. The highest BCUT2D eigenvalue weighted by atomic mass is 35.5. The zero-order valence-electron chi connectivity index (χ0n) is 11.6. The number of hydrogen-bond donors (Lipinski definition) is 1. The average molecular weight is 303 g/mol. The van der Waals surface area contributed by atoms with Gasteiger partial charge in [-0.3, -0.25) is 4.90 Å². The van der Waals surface area contributed by atoms with E-state index in [1.54, 1.807) is 11.3 Å². The third-order valence-electron chi connectivity index (χ3n) is 3.59. The fraction of sp³-hybridized carbons (Fsp3) is 0.714. The second kappa shape index (κ2) is 7.04. The highest BCUT2D eigenvalue weighted by Gasteiger charge is 2.30. The molecule has 3 atom stereocenters. The monoisotopic (exact) mass is 302 g/mol. The van der Waals surface area contributed by atoms with Crippen molar-refractivity contribution < 1.29 is 4.74 Å². The van der Waals surface area contributed by atoms with Crippen molar-refractivity contribution in [3.63, 3.8) is 0 Å². The maximum Gasteiger partial charge on any atom is 0.0931 e. The van der Waals surface area contributed by atoms with Gasteiger partial charge in [-0.15, -0.1) is 11.3 Å². The summed E-state index contributed by atoms with van der Waals surface area (Å²) >= 11 is 7.70. The molecule has 2 N–H and O–H groups in total. The molecule has 1 aromatic heterocycles. The molecule has 1 aliphatic rings. The number of hydrogen-bond acceptors (Lipinski definition) is 4. The first kappa shape index (κ1) is 15.3. The summed E-state index contributed by atoms with van der Waals surface area (Å²) in [5, 5.41) is 0. The molecular formula is C14H23ClN2OS. The van der Waals surface area contributed by atoms with Crippen LogP contribution >= 0.6 is 22.9 Å². The molecule has 0 radical (unpaired) electrons. The molecule has 0 aromatic carbocycles. The van der Waals surface area contributed by atoms with Crippen LogP contribution in [0.5, 0.6) is 0 Å². The molecule has 5 heteroatoms. The van der Waals surface area contributed by atoms with Crippen LogP contribution in [0, 0.1) is 0 Å². The van der Waals surface area contributed by atoms with E-state index in [0.29, 0.717) is 6.10 Å². The zero-order valence-corrected chi connectivity index (χ0v) is 13.2. The van der Waals surface area contributed by atoms with Crippen molar-refractivity contribution in [1.29, 1.82) is 0 Å². The van der Waals surface area contributed by atoms with Crippen LogP contribution in [-0.4, -0.2) is 36.7 Å². The van der Waals surface area contributed by atoms with Gasteiger partial charge in [-0.2, -0.15) is 0 Å². The van der Waals surface area contributed by atoms with E-state index in [4.69, 9.17) is 22.1 Å². The van der Waals surface area contributed by atoms with Crippen LogP contribution in [0.3, 0.4) is 0 Å². The van der Waals surface area contributed by atoms with Crippen LogP contribution in [0.2, 0.25) is 4.34 Å². The highest BCUT2D eigenvalue weighted by molar-refractivity contribution is 7.16.